The lowest BCUT2D eigenvalue weighted by Crippen LogP contribution is -2.13. The maximum atomic E-state index is 12.6. The Kier molecular flexibility index (Phi) is 6.48. The van der Waals surface area contributed by atoms with Crippen molar-refractivity contribution in [1.29, 1.82) is 5.26 Å². The summed E-state index contributed by atoms with van der Waals surface area (Å²) in [7, 11) is 0. The van der Waals surface area contributed by atoms with E-state index in [2.05, 4.69) is 25.1 Å². The minimum Gasteiger partial charge on any atom is -0.423 e. The SMILES string of the molecule is CC[C@H]1CC[C@H](c2ccc(C(=O)Oc3ccc(-c4ccc(C#N)cc4)cc3)cc2)CC1. The van der Waals surface area contributed by atoms with Gasteiger partial charge in [0.15, 0.2) is 0 Å². The molecule has 0 amide bonds. The number of carbonyl (C=O) groups is 1. The van der Waals surface area contributed by atoms with Crippen molar-refractivity contribution in [3.63, 3.8) is 0 Å². The van der Waals surface area contributed by atoms with Gasteiger partial charge in [-0.2, -0.15) is 5.26 Å². The van der Waals surface area contributed by atoms with Gasteiger partial charge in [0, 0.05) is 0 Å². The van der Waals surface area contributed by atoms with Gasteiger partial charge in [-0.05, 0) is 90.6 Å². The van der Waals surface area contributed by atoms with Crippen LogP contribution in [-0.2, 0) is 0 Å². The highest BCUT2D eigenvalue weighted by Gasteiger charge is 2.21. The second-order valence-corrected chi connectivity index (χ2v) is 8.35. The topological polar surface area (TPSA) is 50.1 Å². The number of esters is 1. The van der Waals surface area contributed by atoms with Gasteiger partial charge >= 0.3 is 5.97 Å². The number of nitrogens with zero attached hydrogens (tertiary/aromatic N) is 1. The van der Waals surface area contributed by atoms with Crippen LogP contribution in [0.15, 0.2) is 72.8 Å². The summed E-state index contributed by atoms with van der Waals surface area (Å²) in [6, 6.07) is 24.9. The van der Waals surface area contributed by atoms with Crippen LogP contribution < -0.4 is 4.74 Å². The molecule has 0 unspecified atom stereocenters. The Balaban J connectivity index is 1.37. The molecule has 0 bridgehead atoms. The van der Waals surface area contributed by atoms with Crippen molar-refractivity contribution in [3.8, 4) is 22.9 Å². The Morgan fingerprint density at radius 1 is 0.871 bits per heavy atom. The number of hydrogen-bond acceptors (Lipinski definition) is 3. The molecule has 3 heteroatoms. The average Bonchev–Trinajstić information content (AvgIpc) is 2.85. The number of hydrogen-bond donors (Lipinski definition) is 0. The Bertz CT molecular complexity index is 1050. The second-order valence-electron chi connectivity index (χ2n) is 8.35. The Labute approximate surface area is 184 Å². The molecule has 31 heavy (non-hydrogen) atoms. The van der Waals surface area contributed by atoms with Crippen LogP contribution in [-0.4, -0.2) is 5.97 Å². The van der Waals surface area contributed by atoms with Gasteiger partial charge in [-0.1, -0.05) is 49.7 Å². The predicted octanol–water partition coefficient (Wildman–Crippen LogP) is 7.13. The zero-order chi connectivity index (χ0) is 21.6. The summed E-state index contributed by atoms with van der Waals surface area (Å²) >= 11 is 0. The standard InChI is InChI=1S/C28H27NO2/c1-2-20-3-7-22(8-4-20)24-11-13-26(14-12-24)28(30)31-27-17-15-25(16-18-27)23-9-5-21(19-29)6-10-23/h5-6,9-18,20,22H,2-4,7-8H2,1H3/t20-,22-. The van der Waals surface area contributed by atoms with Crippen molar-refractivity contribution < 1.29 is 9.53 Å². The molecular formula is C28H27NO2. The number of benzene rings is 3. The van der Waals surface area contributed by atoms with E-state index >= 15 is 0 Å². The van der Waals surface area contributed by atoms with Crippen LogP contribution in [0.3, 0.4) is 0 Å². The molecule has 3 aromatic rings. The van der Waals surface area contributed by atoms with Gasteiger partial charge in [-0.3, -0.25) is 0 Å². The lowest BCUT2D eigenvalue weighted by molar-refractivity contribution is 0.0734. The van der Waals surface area contributed by atoms with Gasteiger partial charge in [-0.25, -0.2) is 4.79 Å². The van der Waals surface area contributed by atoms with Crippen molar-refractivity contribution in [1.82, 2.24) is 0 Å². The van der Waals surface area contributed by atoms with Crippen molar-refractivity contribution in [2.24, 2.45) is 5.92 Å². The van der Waals surface area contributed by atoms with Crippen LogP contribution in [0.2, 0.25) is 0 Å². The summed E-state index contributed by atoms with van der Waals surface area (Å²) in [6.07, 6.45) is 6.39. The van der Waals surface area contributed by atoms with Gasteiger partial charge in [0.2, 0.25) is 0 Å². The molecule has 0 spiro atoms. The fraction of sp³-hybridized carbons (Fsp3) is 0.286. The van der Waals surface area contributed by atoms with E-state index in [1.165, 1.54) is 37.7 Å². The average molecular weight is 410 g/mol. The van der Waals surface area contributed by atoms with Crippen LogP contribution in [0.5, 0.6) is 5.75 Å². The maximum absolute atomic E-state index is 12.6. The summed E-state index contributed by atoms with van der Waals surface area (Å²) in [5.74, 6) is 1.67. The third kappa shape index (κ3) is 5.03. The molecule has 0 saturated heterocycles. The highest BCUT2D eigenvalue weighted by Crippen LogP contribution is 2.37. The molecule has 3 nitrogen and oxygen atoms in total. The quantitative estimate of drug-likeness (QED) is 0.333. The Morgan fingerprint density at radius 2 is 1.45 bits per heavy atom. The molecule has 0 atom stereocenters. The van der Waals surface area contributed by atoms with Crippen LogP contribution in [0.25, 0.3) is 11.1 Å². The minimum absolute atomic E-state index is 0.340. The molecule has 1 saturated carbocycles. The van der Waals surface area contributed by atoms with E-state index in [0.717, 1.165) is 17.0 Å². The van der Waals surface area contributed by atoms with Crippen LogP contribution in [0.1, 0.15) is 66.4 Å². The van der Waals surface area contributed by atoms with Gasteiger partial charge in [0.1, 0.15) is 5.75 Å². The monoisotopic (exact) mass is 409 g/mol. The molecule has 0 heterocycles. The zero-order valence-corrected chi connectivity index (χ0v) is 17.9. The zero-order valence-electron chi connectivity index (χ0n) is 17.9. The molecular weight excluding hydrogens is 382 g/mol. The molecule has 156 valence electrons. The van der Waals surface area contributed by atoms with Gasteiger partial charge in [-0.15, -0.1) is 0 Å². The normalized spacial score (nSPS) is 18.2. The Hall–Kier alpha value is -3.38. The molecule has 3 aromatic carbocycles. The second kappa shape index (κ2) is 9.62. The lowest BCUT2D eigenvalue weighted by Gasteiger charge is -2.28. The highest BCUT2D eigenvalue weighted by molar-refractivity contribution is 5.91. The molecule has 0 aliphatic heterocycles. The molecule has 0 aromatic heterocycles. The van der Waals surface area contributed by atoms with E-state index in [4.69, 9.17) is 10.00 Å². The maximum Gasteiger partial charge on any atom is 0.343 e. The van der Waals surface area contributed by atoms with Crippen molar-refractivity contribution in [2.75, 3.05) is 0 Å². The largest absolute Gasteiger partial charge is 0.423 e. The molecule has 1 aliphatic carbocycles. The van der Waals surface area contributed by atoms with Crippen LogP contribution in [0, 0.1) is 17.2 Å². The number of nitriles is 1. The highest BCUT2D eigenvalue weighted by atomic mass is 16.5. The third-order valence-electron chi connectivity index (χ3n) is 6.45. The molecule has 0 radical (unpaired) electrons. The third-order valence-corrected chi connectivity index (χ3v) is 6.45. The van der Waals surface area contributed by atoms with Crippen molar-refractivity contribution >= 4 is 5.97 Å². The molecule has 1 aliphatic rings. The van der Waals surface area contributed by atoms with Gasteiger partial charge in [0.25, 0.3) is 0 Å². The van der Waals surface area contributed by atoms with E-state index in [1.807, 2.05) is 36.4 Å². The van der Waals surface area contributed by atoms with Gasteiger partial charge in [0.05, 0.1) is 17.2 Å². The van der Waals surface area contributed by atoms with E-state index < -0.39 is 0 Å². The summed E-state index contributed by atoms with van der Waals surface area (Å²) in [4.78, 5) is 12.6. The molecule has 0 N–H and O–H groups in total. The van der Waals surface area contributed by atoms with Crippen molar-refractivity contribution in [2.45, 2.75) is 44.9 Å². The van der Waals surface area contributed by atoms with E-state index in [-0.39, 0.29) is 5.97 Å². The van der Waals surface area contributed by atoms with Gasteiger partial charge < -0.3 is 4.74 Å². The van der Waals surface area contributed by atoms with Crippen LogP contribution >= 0.6 is 0 Å². The smallest absolute Gasteiger partial charge is 0.343 e. The van der Waals surface area contributed by atoms with Crippen molar-refractivity contribution in [3.05, 3.63) is 89.5 Å². The number of rotatable bonds is 5. The minimum atomic E-state index is -0.340. The van der Waals surface area contributed by atoms with E-state index in [0.29, 0.717) is 22.8 Å². The predicted molar refractivity (Wildman–Crippen MR) is 123 cm³/mol. The number of ether oxygens (including phenoxy) is 1. The fourth-order valence-corrected chi connectivity index (χ4v) is 4.41. The fourth-order valence-electron chi connectivity index (χ4n) is 4.41. The summed E-state index contributed by atoms with van der Waals surface area (Å²) in [5.41, 5.74) is 4.56. The Morgan fingerprint density at radius 3 is 2.00 bits per heavy atom. The lowest BCUT2D eigenvalue weighted by atomic mass is 9.78. The molecule has 4 rings (SSSR count). The number of carbonyl (C=O) groups excluding carboxylic acids is 1. The van der Waals surface area contributed by atoms with E-state index in [1.54, 1.807) is 24.3 Å². The van der Waals surface area contributed by atoms with E-state index in [9.17, 15) is 4.79 Å². The first-order valence-electron chi connectivity index (χ1n) is 11.1. The van der Waals surface area contributed by atoms with Crippen LogP contribution in [0.4, 0.5) is 0 Å². The first-order chi connectivity index (χ1) is 15.2. The summed E-state index contributed by atoms with van der Waals surface area (Å²) < 4.78 is 5.56. The summed E-state index contributed by atoms with van der Waals surface area (Å²) in [6.45, 7) is 2.28. The molecule has 1 fully saturated rings. The summed E-state index contributed by atoms with van der Waals surface area (Å²) in [5, 5.41) is 8.92. The first-order valence-corrected chi connectivity index (χ1v) is 11.1. The first kappa shape index (κ1) is 20.9.